The maximum atomic E-state index is 4.19. The molecule has 0 saturated carbocycles. The van der Waals surface area contributed by atoms with E-state index in [2.05, 4.69) is 29.9 Å². The van der Waals surface area contributed by atoms with Gasteiger partial charge in [-0.15, -0.1) is 0 Å². The maximum Gasteiger partial charge on any atom is 0.0886 e. The van der Waals surface area contributed by atoms with Crippen molar-refractivity contribution in [3.8, 4) is 34.2 Å². The van der Waals surface area contributed by atoms with Gasteiger partial charge in [-0.3, -0.25) is 29.9 Å². The molecule has 6 nitrogen and oxygen atoms in total. The molecule has 0 amide bonds. The first kappa shape index (κ1) is 28.1. The monoisotopic (exact) mass is 621 g/mol. The third-order valence-corrected chi connectivity index (χ3v) is 4.78. The zero-order chi connectivity index (χ0) is 24.7. The minimum atomic E-state index is 0. The Morgan fingerprint density at radius 2 is 0.405 bits per heavy atom. The average Bonchev–Trinajstić information content (AvgIpc) is 3.01. The molecular weight excluding hydrogens is 596 g/mol. The van der Waals surface area contributed by atoms with E-state index in [1.54, 1.807) is 37.2 Å². The topological polar surface area (TPSA) is 77.3 Å². The van der Waals surface area contributed by atoms with Crippen LogP contribution >= 0.6 is 0 Å². The molecule has 0 aromatic carbocycles. The Morgan fingerprint density at radius 1 is 0.243 bits per heavy atom. The quantitative estimate of drug-likeness (QED) is 0.227. The first-order valence-electron chi connectivity index (χ1n) is 11.4. The van der Waals surface area contributed by atoms with Crippen LogP contribution in [0.2, 0.25) is 0 Å². The molecule has 0 aliphatic rings. The fourth-order valence-electron chi connectivity index (χ4n) is 3.09. The molecule has 0 atom stereocenters. The second-order valence-electron chi connectivity index (χ2n) is 7.29. The van der Waals surface area contributed by atoms with Crippen LogP contribution in [-0.4, -0.2) is 29.9 Å². The molecule has 0 spiro atoms. The number of hydrogen-bond donors (Lipinski definition) is 0. The third kappa shape index (κ3) is 9.46. The zero-order valence-electron chi connectivity index (χ0n) is 19.9. The molecule has 0 aliphatic heterocycles. The van der Waals surface area contributed by atoms with Crippen LogP contribution in [0.15, 0.2) is 146 Å². The van der Waals surface area contributed by atoms with Crippen molar-refractivity contribution in [1.29, 1.82) is 0 Å². The Kier molecular flexibility index (Phi) is 12.3. The van der Waals surface area contributed by atoms with Crippen LogP contribution in [0, 0.1) is 49.4 Å². The van der Waals surface area contributed by atoms with Crippen LogP contribution in [-0.2, 0) is 0 Å². The van der Waals surface area contributed by atoms with E-state index in [4.69, 9.17) is 0 Å². The van der Waals surface area contributed by atoms with Crippen molar-refractivity contribution in [2.24, 2.45) is 0 Å². The standard InChI is InChI=1S/3C10H8N2.Eu/c3*1-3-7-11-9(5-1)10-6-2-4-8-12-10;/h3*1-8H;. The van der Waals surface area contributed by atoms with Gasteiger partial charge in [-0.1, -0.05) is 36.4 Å². The fraction of sp³-hybridized carbons (Fsp3) is 0. The smallest absolute Gasteiger partial charge is 0.0886 e. The molecule has 6 rings (SSSR count). The van der Waals surface area contributed by atoms with Gasteiger partial charge in [0.2, 0.25) is 0 Å². The van der Waals surface area contributed by atoms with Crippen molar-refractivity contribution in [2.45, 2.75) is 0 Å². The summed E-state index contributed by atoms with van der Waals surface area (Å²) in [6, 6.07) is 34.8. The van der Waals surface area contributed by atoms with Gasteiger partial charge in [0.25, 0.3) is 0 Å². The van der Waals surface area contributed by atoms with E-state index in [1.807, 2.05) is 109 Å². The Labute approximate surface area is 257 Å². The fourth-order valence-corrected chi connectivity index (χ4v) is 3.09. The molecule has 6 aromatic heterocycles. The molecule has 6 aromatic rings. The molecule has 7 heteroatoms. The molecular formula is C30H24EuN6. The number of hydrogen-bond acceptors (Lipinski definition) is 6. The Morgan fingerprint density at radius 3 is 0.514 bits per heavy atom. The predicted molar refractivity (Wildman–Crippen MR) is 142 cm³/mol. The van der Waals surface area contributed by atoms with Gasteiger partial charge < -0.3 is 0 Å². The van der Waals surface area contributed by atoms with Crippen LogP contribution in [0.25, 0.3) is 34.2 Å². The zero-order valence-corrected chi connectivity index (χ0v) is 22.3. The minimum absolute atomic E-state index is 0. The first-order valence-corrected chi connectivity index (χ1v) is 11.4. The van der Waals surface area contributed by atoms with E-state index in [1.165, 1.54) is 0 Å². The summed E-state index contributed by atoms with van der Waals surface area (Å²) in [7, 11) is 0. The van der Waals surface area contributed by atoms with E-state index in [0.29, 0.717) is 0 Å². The van der Waals surface area contributed by atoms with Gasteiger partial charge >= 0.3 is 0 Å². The third-order valence-electron chi connectivity index (χ3n) is 4.78. The van der Waals surface area contributed by atoms with Crippen molar-refractivity contribution >= 4 is 0 Å². The van der Waals surface area contributed by atoms with Crippen molar-refractivity contribution in [3.63, 3.8) is 0 Å². The largest absolute Gasteiger partial charge is 0.255 e. The van der Waals surface area contributed by atoms with Crippen LogP contribution in [0.1, 0.15) is 0 Å². The summed E-state index contributed by atoms with van der Waals surface area (Å²) in [6.07, 6.45) is 10.6. The van der Waals surface area contributed by atoms with Gasteiger partial charge in [0.15, 0.2) is 0 Å². The summed E-state index contributed by atoms with van der Waals surface area (Å²) in [4.78, 5) is 25.1. The molecule has 0 aliphatic carbocycles. The molecule has 1 radical (unpaired) electrons. The summed E-state index contributed by atoms with van der Waals surface area (Å²) in [5.41, 5.74) is 5.49. The van der Waals surface area contributed by atoms with Gasteiger partial charge in [0, 0.05) is 86.6 Å². The van der Waals surface area contributed by atoms with Gasteiger partial charge in [0.1, 0.15) is 0 Å². The molecule has 6 heterocycles. The predicted octanol–water partition coefficient (Wildman–Crippen LogP) is 6.43. The number of nitrogens with zero attached hydrogens (tertiary/aromatic N) is 6. The SMILES string of the molecule is [Eu].c1ccc(-c2ccccn2)nc1.c1ccc(-c2ccccn2)nc1.c1ccc(-c2ccccn2)nc1. The van der Waals surface area contributed by atoms with Crippen LogP contribution in [0.3, 0.4) is 0 Å². The molecule has 37 heavy (non-hydrogen) atoms. The molecule has 0 saturated heterocycles. The molecule has 181 valence electrons. The molecule has 0 bridgehead atoms. The van der Waals surface area contributed by atoms with E-state index in [9.17, 15) is 0 Å². The number of rotatable bonds is 3. The minimum Gasteiger partial charge on any atom is -0.255 e. The molecule has 0 unspecified atom stereocenters. The Balaban J connectivity index is 0.000000152. The van der Waals surface area contributed by atoms with Gasteiger partial charge in [0.05, 0.1) is 34.2 Å². The summed E-state index contributed by atoms with van der Waals surface area (Å²) < 4.78 is 0. The summed E-state index contributed by atoms with van der Waals surface area (Å²) in [5, 5.41) is 0. The van der Waals surface area contributed by atoms with Gasteiger partial charge in [-0.2, -0.15) is 0 Å². The molecule has 0 N–H and O–H groups in total. The van der Waals surface area contributed by atoms with Gasteiger partial charge in [-0.05, 0) is 72.8 Å². The summed E-state index contributed by atoms with van der Waals surface area (Å²) >= 11 is 0. The van der Waals surface area contributed by atoms with Crippen molar-refractivity contribution in [1.82, 2.24) is 29.9 Å². The Bertz CT molecular complexity index is 1100. The summed E-state index contributed by atoms with van der Waals surface area (Å²) in [5.74, 6) is 0. The van der Waals surface area contributed by atoms with Crippen molar-refractivity contribution in [2.75, 3.05) is 0 Å². The number of pyridine rings is 6. The normalized spacial score (nSPS) is 9.41. The van der Waals surface area contributed by atoms with E-state index in [-0.39, 0.29) is 49.4 Å². The van der Waals surface area contributed by atoms with Crippen molar-refractivity contribution < 1.29 is 49.4 Å². The van der Waals surface area contributed by atoms with Crippen LogP contribution < -0.4 is 0 Å². The van der Waals surface area contributed by atoms with Gasteiger partial charge in [-0.25, -0.2) is 0 Å². The second kappa shape index (κ2) is 16.3. The first-order chi connectivity index (χ1) is 17.9. The number of aromatic nitrogens is 6. The van der Waals surface area contributed by atoms with E-state index < -0.39 is 0 Å². The van der Waals surface area contributed by atoms with E-state index in [0.717, 1.165) is 34.2 Å². The molecule has 0 fully saturated rings. The second-order valence-corrected chi connectivity index (χ2v) is 7.29. The van der Waals surface area contributed by atoms with Crippen LogP contribution in [0.4, 0.5) is 0 Å². The van der Waals surface area contributed by atoms with Crippen molar-refractivity contribution in [3.05, 3.63) is 146 Å². The average molecular weight is 621 g/mol. The van der Waals surface area contributed by atoms with E-state index >= 15 is 0 Å². The Hall–Kier alpha value is -3.52. The summed E-state index contributed by atoms with van der Waals surface area (Å²) in [6.45, 7) is 0. The maximum absolute atomic E-state index is 4.19. The van der Waals surface area contributed by atoms with Crippen LogP contribution in [0.5, 0.6) is 0 Å².